The topological polar surface area (TPSA) is 102 Å². The van der Waals surface area contributed by atoms with Crippen LogP contribution in [0.25, 0.3) is 11.1 Å². The van der Waals surface area contributed by atoms with Gasteiger partial charge in [0.05, 0.1) is 22.9 Å². The number of ether oxygens (including phenoxy) is 1. The van der Waals surface area contributed by atoms with Gasteiger partial charge < -0.3 is 19.6 Å². The Morgan fingerprint density at radius 3 is 2.19 bits per heavy atom. The van der Waals surface area contributed by atoms with Crippen LogP contribution in [-0.4, -0.2) is 96.2 Å². The number of benzene rings is 3. The Hall–Kier alpha value is -4.05. The smallest absolute Gasteiger partial charge is 0.411 e. The zero-order chi connectivity index (χ0) is 29.5. The van der Waals surface area contributed by atoms with Crippen molar-refractivity contribution in [2.24, 2.45) is 0 Å². The number of para-hydroxylation sites is 1. The van der Waals surface area contributed by atoms with Crippen molar-refractivity contribution in [1.29, 1.82) is 0 Å². The summed E-state index contributed by atoms with van der Waals surface area (Å²) in [5, 5.41) is 13.6. The summed E-state index contributed by atoms with van der Waals surface area (Å²) in [5.41, 5.74) is 3.60. The van der Waals surface area contributed by atoms with Crippen LogP contribution in [0.5, 0.6) is 0 Å². The Bertz CT molecular complexity index is 1350. The summed E-state index contributed by atoms with van der Waals surface area (Å²) < 4.78 is 5.73. The number of β-amino-alcohol motifs (C(OH)–C–C–N with tert-alkyl or cyclic N) is 1. The lowest BCUT2D eigenvalue weighted by molar-refractivity contribution is 0.0315. The van der Waals surface area contributed by atoms with E-state index in [4.69, 9.17) is 4.74 Å². The van der Waals surface area contributed by atoms with Crippen molar-refractivity contribution in [3.8, 4) is 11.1 Å². The first-order valence-electron chi connectivity index (χ1n) is 14.6. The molecule has 2 aliphatic heterocycles. The lowest BCUT2D eigenvalue weighted by Crippen LogP contribution is -2.44. The van der Waals surface area contributed by atoms with Crippen LogP contribution in [0.3, 0.4) is 0 Å². The molecule has 1 fully saturated rings. The maximum atomic E-state index is 12.7. The number of likely N-dealkylation sites (N-methyl/N-ethyl adjacent to an activating group) is 1. The van der Waals surface area contributed by atoms with Gasteiger partial charge in [-0.1, -0.05) is 60.7 Å². The maximum absolute atomic E-state index is 12.7. The molecule has 0 aromatic heterocycles. The summed E-state index contributed by atoms with van der Waals surface area (Å²) >= 11 is 0. The molecule has 0 radical (unpaired) electrons. The van der Waals surface area contributed by atoms with E-state index >= 15 is 0 Å². The fraction of sp³-hybridized carbons (Fsp3) is 0.364. The summed E-state index contributed by atoms with van der Waals surface area (Å²) in [6, 6.07) is 24.5. The molecule has 0 bridgehead atoms. The van der Waals surface area contributed by atoms with Crippen LogP contribution in [0.4, 0.5) is 10.5 Å². The van der Waals surface area contributed by atoms with Crippen LogP contribution in [-0.2, 0) is 4.74 Å². The number of piperidine rings is 1. The number of carbonyl (C=O) groups excluding carboxylic acids is 3. The van der Waals surface area contributed by atoms with E-state index in [-0.39, 0.29) is 17.9 Å². The van der Waals surface area contributed by atoms with E-state index in [0.717, 1.165) is 24.2 Å². The monoisotopic (exact) mass is 570 g/mol. The van der Waals surface area contributed by atoms with E-state index in [1.165, 1.54) is 4.90 Å². The van der Waals surface area contributed by atoms with Gasteiger partial charge >= 0.3 is 6.09 Å². The standard InChI is InChI=1S/C33H38N4O5/c1-35(18-9-19-37-31(39)28-13-5-6-14-29(28)32(37)40)22-25(38)23-36-20-16-26(17-21-36)42-33(41)34-30-15-8-7-12-27(30)24-10-3-2-4-11-24/h2-8,10-15,25-26,38H,9,16-23H2,1H3,(H,34,41). The van der Waals surface area contributed by atoms with Crippen LogP contribution in [0.1, 0.15) is 40.0 Å². The minimum Gasteiger partial charge on any atom is -0.446 e. The molecule has 1 atom stereocenters. The molecule has 1 unspecified atom stereocenters. The van der Waals surface area contributed by atoms with E-state index in [1.807, 2.05) is 66.5 Å². The molecule has 0 spiro atoms. The number of nitrogens with zero attached hydrogens (tertiary/aromatic N) is 3. The zero-order valence-corrected chi connectivity index (χ0v) is 23.9. The van der Waals surface area contributed by atoms with E-state index in [9.17, 15) is 19.5 Å². The average molecular weight is 571 g/mol. The normalized spacial score (nSPS) is 16.5. The fourth-order valence-electron chi connectivity index (χ4n) is 5.71. The second kappa shape index (κ2) is 13.7. The number of aliphatic hydroxyl groups excluding tert-OH is 1. The van der Waals surface area contributed by atoms with Crippen LogP contribution in [0.2, 0.25) is 0 Å². The zero-order valence-electron chi connectivity index (χ0n) is 23.9. The molecule has 2 heterocycles. The predicted octanol–water partition coefficient (Wildman–Crippen LogP) is 4.35. The van der Waals surface area contributed by atoms with Gasteiger partial charge in [0.25, 0.3) is 11.8 Å². The van der Waals surface area contributed by atoms with Crippen molar-refractivity contribution < 1.29 is 24.2 Å². The number of carbonyl (C=O) groups is 3. The van der Waals surface area contributed by atoms with Crippen molar-refractivity contribution in [1.82, 2.24) is 14.7 Å². The highest BCUT2D eigenvalue weighted by Gasteiger charge is 2.34. The molecular weight excluding hydrogens is 532 g/mol. The molecule has 0 aliphatic carbocycles. The number of hydrogen-bond acceptors (Lipinski definition) is 7. The van der Waals surface area contributed by atoms with E-state index in [0.29, 0.717) is 62.3 Å². The van der Waals surface area contributed by atoms with Gasteiger partial charge in [0.15, 0.2) is 0 Å². The molecule has 3 aromatic carbocycles. The number of aliphatic hydroxyl groups is 1. The van der Waals surface area contributed by atoms with Crippen molar-refractivity contribution in [2.75, 3.05) is 51.6 Å². The summed E-state index contributed by atoms with van der Waals surface area (Å²) in [6.07, 6.45) is 0.874. The van der Waals surface area contributed by atoms with Gasteiger partial charge in [-0.05, 0) is 56.6 Å². The van der Waals surface area contributed by atoms with Crippen LogP contribution < -0.4 is 5.32 Å². The number of likely N-dealkylation sites (tertiary alicyclic amines) is 1. The van der Waals surface area contributed by atoms with Crippen molar-refractivity contribution in [2.45, 2.75) is 31.5 Å². The molecule has 2 N–H and O–H groups in total. The predicted molar refractivity (Wildman–Crippen MR) is 161 cm³/mol. The highest BCUT2D eigenvalue weighted by molar-refractivity contribution is 6.21. The quantitative estimate of drug-likeness (QED) is 0.331. The van der Waals surface area contributed by atoms with Crippen LogP contribution in [0.15, 0.2) is 78.9 Å². The Morgan fingerprint density at radius 2 is 1.52 bits per heavy atom. The fourth-order valence-corrected chi connectivity index (χ4v) is 5.71. The molecule has 42 heavy (non-hydrogen) atoms. The van der Waals surface area contributed by atoms with Gasteiger partial charge in [-0.2, -0.15) is 0 Å². The van der Waals surface area contributed by atoms with Crippen molar-refractivity contribution >= 4 is 23.6 Å². The third kappa shape index (κ3) is 7.23. The van der Waals surface area contributed by atoms with Gasteiger partial charge in [-0.3, -0.25) is 19.8 Å². The number of anilines is 1. The number of nitrogens with one attached hydrogen (secondary N) is 1. The van der Waals surface area contributed by atoms with Gasteiger partial charge in [-0.15, -0.1) is 0 Å². The number of imide groups is 1. The first-order chi connectivity index (χ1) is 20.4. The van der Waals surface area contributed by atoms with Gasteiger partial charge in [0, 0.05) is 38.3 Å². The lowest BCUT2D eigenvalue weighted by atomic mass is 10.0. The average Bonchev–Trinajstić information content (AvgIpc) is 3.24. The largest absolute Gasteiger partial charge is 0.446 e. The van der Waals surface area contributed by atoms with Crippen molar-refractivity contribution in [3.63, 3.8) is 0 Å². The van der Waals surface area contributed by atoms with E-state index < -0.39 is 12.2 Å². The molecule has 220 valence electrons. The SMILES string of the molecule is CN(CCCN1C(=O)c2ccccc2C1=O)CC(O)CN1CCC(OC(=O)Nc2ccccc2-c2ccccc2)CC1. The third-order valence-corrected chi connectivity index (χ3v) is 7.85. The van der Waals surface area contributed by atoms with E-state index in [2.05, 4.69) is 10.2 Å². The van der Waals surface area contributed by atoms with Gasteiger partial charge in [0.2, 0.25) is 0 Å². The number of fused-ring (bicyclic) bond motifs is 1. The number of amides is 3. The molecule has 5 rings (SSSR count). The molecular formula is C33H38N4O5. The Labute approximate surface area is 246 Å². The van der Waals surface area contributed by atoms with Crippen molar-refractivity contribution in [3.05, 3.63) is 90.0 Å². The summed E-state index contributed by atoms with van der Waals surface area (Å²) in [7, 11) is 1.93. The van der Waals surface area contributed by atoms with Crippen LogP contribution in [0, 0.1) is 0 Å². The minimum absolute atomic E-state index is 0.174. The van der Waals surface area contributed by atoms with Gasteiger partial charge in [0.1, 0.15) is 6.10 Å². The highest BCUT2D eigenvalue weighted by Crippen LogP contribution is 2.28. The lowest BCUT2D eigenvalue weighted by Gasteiger charge is -2.33. The van der Waals surface area contributed by atoms with Crippen LogP contribution >= 0.6 is 0 Å². The Kier molecular flexibility index (Phi) is 9.63. The van der Waals surface area contributed by atoms with E-state index in [1.54, 1.807) is 24.3 Å². The second-order valence-electron chi connectivity index (χ2n) is 11.0. The molecule has 9 heteroatoms. The second-order valence-corrected chi connectivity index (χ2v) is 11.0. The Morgan fingerprint density at radius 1 is 0.929 bits per heavy atom. The summed E-state index contributed by atoms with van der Waals surface area (Å²) in [6.45, 7) is 3.50. The first-order valence-corrected chi connectivity index (χ1v) is 14.6. The number of rotatable bonds is 11. The molecule has 1 saturated heterocycles. The minimum atomic E-state index is -0.537. The maximum Gasteiger partial charge on any atom is 0.411 e. The molecule has 2 aliphatic rings. The third-order valence-electron chi connectivity index (χ3n) is 7.85. The molecule has 3 amide bonds. The molecule has 9 nitrogen and oxygen atoms in total. The Balaban J connectivity index is 0.992. The van der Waals surface area contributed by atoms with Gasteiger partial charge in [-0.25, -0.2) is 4.79 Å². The molecule has 3 aromatic rings. The molecule has 0 saturated carbocycles. The summed E-state index contributed by atoms with van der Waals surface area (Å²) in [5.74, 6) is -0.472. The highest BCUT2D eigenvalue weighted by atomic mass is 16.6. The summed E-state index contributed by atoms with van der Waals surface area (Å²) in [4.78, 5) is 43.3. The number of hydrogen-bond donors (Lipinski definition) is 2. The first kappa shape index (κ1) is 29.4.